The first-order valence-electron chi connectivity index (χ1n) is 5.82. The van der Waals surface area contributed by atoms with E-state index in [9.17, 15) is 8.78 Å². The molecule has 0 aliphatic carbocycles. The maximum absolute atomic E-state index is 12.6. The largest absolute Gasteiger partial charge is 0.303 e. The standard InChI is InChI=1S/C12H10BrF2N5/c1-19-4-7(11(13)18-19)2-8-5-20-6-9(12(14)15)16-3-10(20)17-8/h3-6,12H,2H2,1H3. The molecule has 0 aromatic carbocycles. The first-order valence-corrected chi connectivity index (χ1v) is 6.62. The van der Waals surface area contributed by atoms with E-state index in [4.69, 9.17) is 0 Å². The van der Waals surface area contributed by atoms with Crippen LogP contribution in [0.2, 0.25) is 0 Å². The van der Waals surface area contributed by atoms with Crippen molar-refractivity contribution in [1.82, 2.24) is 24.1 Å². The van der Waals surface area contributed by atoms with Crippen molar-refractivity contribution in [2.24, 2.45) is 7.05 Å². The molecule has 0 radical (unpaired) electrons. The smallest absolute Gasteiger partial charge is 0.281 e. The highest BCUT2D eigenvalue weighted by molar-refractivity contribution is 9.10. The highest BCUT2D eigenvalue weighted by atomic mass is 79.9. The molecule has 3 aromatic heterocycles. The summed E-state index contributed by atoms with van der Waals surface area (Å²) in [6.45, 7) is 0. The fourth-order valence-corrected chi connectivity index (χ4v) is 2.48. The lowest BCUT2D eigenvalue weighted by Gasteiger charge is -1.98. The van der Waals surface area contributed by atoms with Crippen LogP contribution in [-0.4, -0.2) is 24.1 Å². The number of nitrogens with zero attached hydrogens (tertiary/aromatic N) is 5. The average molecular weight is 342 g/mol. The molecule has 0 atom stereocenters. The minimum atomic E-state index is -2.59. The van der Waals surface area contributed by atoms with E-state index in [0.29, 0.717) is 12.1 Å². The Morgan fingerprint density at radius 3 is 2.75 bits per heavy atom. The Bertz CT molecular complexity index is 764. The molecular weight excluding hydrogens is 332 g/mol. The molecule has 0 aliphatic rings. The van der Waals surface area contributed by atoms with E-state index in [1.54, 1.807) is 15.3 Å². The lowest BCUT2D eigenvalue weighted by atomic mass is 10.2. The van der Waals surface area contributed by atoms with E-state index < -0.39 is 6.43 Å². The first kappa shape index (κ1) is 13.2. The Morgan fingerprint density at radius 2 is 2.10 bits per heavy atom. The summed E-state index contributed by atoms with van der Waals surface area (Å²) in [6.07, 6.45) is 4.25. The molecule has 20 heavy (non-hydrogen) atoms. The highest BCUT2D eigenvalue weighted by Gasteiger charge is 2.12. The van der Waals surface area contributed by atoms with Gasteiger partial charge in [0, 0.05) is 37.6 Å². The Hall–Kier alpha value is -1.83. The molecule has 0 unspecified atom stereocenters. The fourth-order valence-electron chi connectivity index (χ4n) is 1.99. The Kier molecular flexibility index (Phi) is 3.25. The van der Waals surface area contributed by atoms with Crippen LogP contribution in [0.1, 0.15) is 23.4 Å². The molecule has 0 amide bonds. The van der Waals surface area contributed by atoms with Crippen molar-refractivity contribution in [3.05, 3.63) is 46.3 Å². The maximum atomic E-state index is 12.6. The Balaban J connectivity index is 1.94. The number of rotatable bonds is 3. The van der Waals surface area contributed by atoms with Gasteiger partial charge in [0.25, 0.3) is 6.43 Å². The predicted octanol–water partition coefficient (Wildman–Crippen LogP) is 2.75. The minimum absolute atomic E-state index is 0.260. The third kappa shape index (κ3) is 2.43. The van der Waals surface area contributed by atoms with Gasteiger partial charge >= 0.3 is 0 Å². The van der Waals surface area contributed by atoms with Crippen LogP contribution in [0.25, 0.3) is 5.65 Å². The van der Waals surface area contributed by atoms with Crippen molar-refractivity contribution in [2.45, 2.75) is 12.8 Å². The van der Waals surface area contributed by atoms with E-state index in [0.717, 1.165) is 15.9 Å². The van der Waals surface area contributed by atoms with Crippen LogP contribution in [0.15, 0.2) is 29.4 Å². The normalized spacial score (nSPS) is 11.7. The van der Waals surface area contributed by atoms with Gasteiger partial charge in [0.05, 0.1) is 11.9 Å². The zero-order valence-corrected chi connectivity index (χ0v) is 12.0. The molecule has 0 bridgehead atoms. The summed E-state index contributed by atoms with van der Waals surface area (Å²) >= 11 is 3.37. The SMILES string of the molecule is Cn1cc(Cc2cn3cc(C(F)F)ncc3n2)c(Br)n1. The van der Waals surface area contributed by atoms with Crippen LogP contribution in [0.3, 0.4) is 0 Å². The summed E-state index contributed by atoms with van der Waals surface area (Å²) in [6, 6.07) is 0. The van der Waals surface area contributed by atoms with Crippen molar-refractivity contribution in [1.29, 1.82) is 0 Å². The Morgan fingerprint density at radius 1 is 1.30 bits per heavy atom. The molecule has 8 heteroatoms. The van der Waals surface area contributed by atoms with Gasteiger partial charge in [-0.05, 0) is 15.9 Å². The number of aryl methyl sites for hydroxylation is 1. The van der Waals surface area contributed by atoms with Crippen molar-refractivity contribution in [3.8, 4) is 0 Å². The predicted molar refractivity (Wildman–Crippen MR) is 71.7 cm³/mol. The van der Waals surface area contributed by atoms with Gasteiger partial charge in [-0.1, -0.05) is 0 Å². The van der Waals surface area contributed by atoms with Crippen molar-refractivity contribution < 1.29 is 8.78 Å². The average Bonchev–Trinajstić information content (AvgIpc) is 2.91. The van der Waals surface area contributed by atoms with Crippen LogP contribution < -0.4 is 0 Å². The van der Waals surface area contributed by atoms with Gasteiger partial charge in [-0.2, -0.15) is 5.10 Å². The summed E-state index contributed by atoms with van der Waals surface area (Å²) in [7, 11) is 1.83. The molecule has 0 aliphatic heterocycles. The third-order valence-electron chi connectivity index (χ3n) is 2.86. The molecule has 5 nitrogen and oxygen atoms in total. The minimum Gasteiger partial charge on any atom is -0.303 e. The molecule has 3 rings (SSSR count). The van der Waals surface area contributed by atoms with Gasteiger partial charge in [0.2, 0.25) is 0 Å². The molecule has 0 saturated carbocycles. The van der Waals surface area contributed by atoms with E-state index in [2.05, 4.69) is 31.0 Å². The van der Waals surface area contributed by atoms with Gasteiger partial charge in [0.15, 0.2) is 5.65 Å². The second kappa shape index (κ2) is 4.93. The van der Waals surface area contributed by atoms with Gasteiger partial charge in [-0.25, -0.2) is 18.7 Å². The number of hydrogen-bond acceptors (Lipinski definition) is 3. The zero-order valence-electron chi connectivity index (χ0n) is 10.5. The van der Waals surface area contributed by atoms with Gasteiger partial charge in [-0.15, -0.1) is 0 Å². The lowest BCUT2D eigenvalue weighted by Crippen LogP contribution is -1.93. The highest BCUT2D eigenvalue weighted by Crippen LogP contribution is 2.19. The van der Waals surface area contributed by atoms with Crippen LogP contribution in [-0.2, 0) is 13.5 Å². The van der Waals surface area contributed by atoms with E-state index in [-0.39, 0.29) is 5.69 Å². The lowest BCUT2D eigenvalue weighted by molar-refractivity contribution is 0.145. The van der Waals surface area contributed by atoms with Gasteiger partial charge < -0.3 is 4.40 Å². The Labute approximate surface area is 121 Å². The van der Waals surface area contributed by atoms with E-state index in [1.165, 1.54) is 12.4 Å². The number of alkyl halides is 2. The second-order valence-electron chi connectivity index (χ2n) is 4.41. The summed E-state index contributed by atoms with van der Waals surface area (Å²) in [5, 5.41) is 4.19. The molecule has 0 fully saturated rings. The molecular formula is C12H10BrF2N5. The third-order valence-corrected chi connectivity index (χ3v) is 3.53. The van der Waals surface area contributed by atoms with E-state index in [1.807, 2.05) is 13.2 Å². The molecule has 104 valence electrons. The fraction of sp³-hybridized carbons (Fsp3) is 0.250. The maximum Gasteiger partial charge on any atom is 0.281 e. The molecule has 3 heterocycles. The van der Waals surface area contributed by atoms with Gasteiger partial charge in [-0.3, -0.25) is 4.68 Å². The molecule has 0 N–H and O–H groups in total. The number of halogens is 3. The summed E-state index contributed by atoms with van der Waals surface area (Å²) in [5.74, 6) is 0. The zero-order chi connectivity index (χ0) is 14.3. The number of fused-ring (bicyclic) bond motifs is 1. The quantitative estimate of drug-likeness (QED) is 0.735. The number of hydrogen-bond donors (Lipinski definition) is 0. The van der Waals surface area contributed by atoms with Crippen LogP contribution in [0, 0.1) is 0 Å². The summed E-state index contributed by atoms with van der Waals surface area (Å²) in [5.41, 5.74) is 2.04. The molecule has 0 spiro atoms. The molecule has 3 aromatic rings. The van der Waals surface area contributed by atoms with Crippen LogP contribution >= 0.6 is 15.9 Å². The summed E-state index contributed by atoms with van der Waals surface area (Å²) in [4.78, 5) is 8.05. The van der Waals surface area contributed by atoms with E-state index >= 15 is 0 Å². The molecule has 0 saturated heterocycles. The van der Waals surface area contributed by atoms with Crippen molar-refractivity contribution in [3.63, 3.8) is 0 Å². The van der Waals surface area contributed by atoms with Crippen molar-refractivity contribution in [2.75, 3.05) is 0 Å². The monoisotopic (exact) mass is 341 g/mol. The topological polar surface area (TPSA) is 48.0 Å². The number of aromatic nitrogens is 5. The number of imidazole rings is 1. The summed E-state index contributed by atoms with van der Waals surface area (Å²) < 4.78 is 29.2. The van der Waals surface area contributed by atoms with Crippen molar-refractivity contribution >= 4 is 21.6 Å². The van der Waals surface area contributed by atoms with Gasteiger partial charge in [0.1, 0.15) is 10.3 Å². The van der Waals surface area contributed by atoms with Crippen LogP contribution in [0.4, 0.5) is 8.78 Å². The van der Waals surface area contributed by atoms with Crippen LogP contribution in [0.5, 0.6) is 0 Å². The second-order valence-corrected chi connectivity index (χ2v) is 5.16. The first-order chi connectivity index (χ1) is 9.52.